The minimum atomic E-state index is -1.73. The monoisotopic (exact) mass is 682 g/mol. The van der Waals surface area contributed by atoms with Gasteiger partial charge in [-0.15, -0.1) is 0 Å². The summed E-state index contributed by atoms with van der Waals surface area (Å²) >= 11 is 0. The standard InChI is InChI=1S/C32H42O16/c1-42-20-9-15(3-5-18(20)34)8-17-16(12-44-30(17)41)7-14-4-6-19(21(10-14)43-2)46-32-29(40)27(38)25(36)23(48-32)13-45-31-28(39)26(37)24(35)22(11-33)47-31/h3-6,9-10,16-17,22-29,31-40H,7-8,11-13H2,1-2H3/t16-,17+,22-,23-,24+,25+,26-,27+,28+,29+,31+,32-/m0/s1. The molecule has 2 aromatic rings. The fraction of sp³-hybridized carbons (Fsp3) is 0.594. The Morgan fingerprint density at radius 2 is 1.33 bits per heavy atom. The SMILES string of the molecule is COc1cc(C[C@H]2C(=O)OC[C@@H]2Cc2ccc(O[C@H]3O[C@@H](CO[C@@H]4O[C@@H](CO)[C@@H](O)[C@H](O)[C@H]4O)[C@@H](O)[C@@H](O)[C@H]3O)c(OC)c2)ccc1O. The fourth-order valence-electron chi connectivity index (χ4n) is 6.07. The summed E-state index contributed by atoms with van der Waals surface area (Å²) in [5, 5.41) is 81.3. The maximum absolute atomic E-state index is 12.6. The topological polar surface area (TPSA) is 244 Å². The molecule has 266 valence electrons. The number of phenolic OH excluding ortho intramolecular Hbond substituents is 1. The Labute approximate surface area is 275 Å². The summed E-state index contributed by atoms with van der Waals surface area (Å²) in [5.41, 5.74) is 1.59. The molecule has 16 heteroatoms. The van der Waals surface area contributed by atoms with Gasteiger partial charge in [0.1, 0.15) is 48.8 Å². The van der Waals surface area contributed by atoms with E-state index in [1.54, 1.807) is 30.3 Å². The maximum atomic E-state index is 12.6. The highest BCUT2D eigenvalue weighted by Crippen LogP contribution is 2.36. The van der Waals surface area contributed by atoms with E-state index in [2.05, 4.69) is 0 Å². The van der Waals surface area contributed by atoms with E-state index in [4.69, 9.17) is 33.2 Å². The van der Waals surface area contributed by atoms with Crippen LogP contribution in [0, 0.1) is 11.8 Å². The van der Waals surface area contributed by atoms with Gasteiger partial charge in [-0.05, 0) is 48.2 Å². The van der Waals surface area contributed by atoms with Gasteiger partial charge in [-0.1, -0.05) is 12.1 Å². The van der Waals surface area contributed by atoms with Crippen molar-refractivity contribution in [2.24, 2.45) is 11.8 Å². The van der Waals surface area contributed by atoms with E-state index in [1.807, 2.05) is 0 Å². The molecule has 5 rings (SSSR count). The first kappa shape index (κ1) is 36.0. The summed E-state index contributed by atoms with van der Waals surface area (Å²) in [6.07, 6.45) is -14.8. The quantitative estimate of drug-likeness (QED) is 0.113. The normalized spacial score (nSPS) is 35.2. The number of aliphatic hydroxyl groups is 7. The van der Waals surface area contributed by atoms with Gasteiger partial charge < -0.3 is 74.0 Å². The Balaban J connectivity index is 1.24. The van der Waals surface area contributed by atoms with Gasteiger partial charge in [0.15, 0.2) is 29.3 Å². The van der Waals surface area contributed by atoms with Crippen molar-refractivity contribution < 1.29 is 78.8 Å². The number of hydrogen-bond acceptors (Lipinski definition) is 16. The number of esters is 1. The van der Waals surface area contributed by atoms with Crippen LogP contribution < -0.4 is 14.2 Å². The summed E-state index contributed by atoms with van der Waals surface area (Å²) in [6, 6.07) is 9.91. The number of ether oxygens (including phenoxy) is 7. The van der Waals surface area contributed by atoms with Gasteiger partial charge in [-0.2, -0.15) is 0 Å². The van der Waals surface area contributed by atoms with Gasteiger partial charge >= 0.3 is 5.97 Å². The molecule has 0 aromatic heterocycles. The van der Waals surface area contributed by atoms with Crippen molar-refractivity contribution in [3.8, 4) is 23.0 Å². The van der Waals surface area contributed by atoms with Gasteiger partial charge in [-0.3, -0.25) is 4.79 Å². The molecule has 3 aliphatic rings. The van der Waals surface area contributed by atoms with Crippen LogP contribution in [0.2, 0.25) is 0 Å². The Hall–Kier alpha value is -3.29. The summed E-state index contributed by atoms with van der Waals surface area (Å²) in [5.74, 6) is -0.252. The lowest BCUT2D eigenvalue weighted by Gasteiger charge is -2.42. The highest BCUT2D eigenvalue weighted by atomic mass is 16.7. The van der Waals surface area contributed by atoms with Gasteiger partial charge in [0.05, 0.1) is 40.0 Å². The number of benzene rings is 2. The second kappa shape index (κ2) is 15.5. The third-order valence-corrected chi connectivity index (χ3v) is 8.92. The third-order valence-electron chi connectivity index (χ3n) is 8.92. The van der Waals surface area contributed by atoms with Crippen molar-refractivity contribution in [1.82, 2.24) is 0 Å². The molecule has 16 nitrogen and oxygen atoms in total. The number of phenols is 1. The van der Waals surface area contributed by atoms with Gasteiger partial charge in [-0.25, -0.2) is 0 Å². The maximum Gasteiger partial charge on any atom is 0.309 e. The van der Waals surface area contributed by atoms with Crippen LogP contribution in [0.3, 0.4) is 0 Å². The second-order valence-corrected chi connectivity index (χ2v) is 12.1. The third kappa shape index (κ3) is 7.63. The number of hydrogen-bond donors (Lipinski definition) is 8. The molecule has 3 saturated heterocycles. The highest BCUT2D eigenvalue weighted by molar-refractivity contribution is 5.75. The van der Waals surface area contributed by atoms with E-state index in [0.29, 0.717) is 18.6 Å². The van der Waals surface area contributed by atoms with Crippen LogP contribution in [0.5, 0.6) is 23.0 Å². The van der Waals surface area contributed by atoms with Crippen LogP contribution in [0.1, 0.15) is 11.1 Å². The average molecular weight is 683 g/mol. The van der Waals surface area contributed by atoms with Gasteiger partial charge in [0, 0.05) is 5.92 Å². The van der Waals surface area contributed by atoms with Crippen LogP contribution in [-0.4, -0.2) is 142 Å². The lowest BCUT2D eigenvalue weighted by molar-refractivity contribution is -0.323. The van der Waals surface area contributed by atoms with E-state index < -0.39 is 80.5 Å². The molecule has 3 fully saturated rings. The Kier molecular flexibility index (Phi) is 11.6. The number of cyclic esters (lactones) is 1. The number of rotatable bonds is 12. The number of methoxy groups -OCH3 is 2. The van der Waals surface area contributed by atoms with Gasteiger partial charge in [0.25, 0.3) is 0 Å². The molecular formula is C32H42O16. The Morgan fingerprint density at radius 3 is 2.02 bits per heavy atom. The smallest absolute Gasteiger partial charge is 0.309 e. The molecule has 3 aliphatic heterocycles. The minimum Gasteiger partial charge on any atom is -0.504 e. The predicted molar refractivity (Wildman–Crippen MR) is 160 cm³/mol. The first-order valence-electron chi connectivity index (χ1n) is 15.4. The van der Waals surface area contributed by atoms with E-state index in [0.717, 1.165) is 11.1 Å². The van der Waals surface area contributed by atoms with Crippen LogP contribution in [0.4, 0.5) is 0 Å². The summed E-state index contributed by atoms with van der Waals surface area (Å²) in [7, 11) is 2.85. The molecule has 0 bridgehead atoms. The largest absolute Gasteiger partial charge is 0.504 e. The molecule has 48 heavy (non-hydrogen) atoms. The second-order valence-electron chi connectivity index (χ2n) is 12.1. The Bertz CT molecular complexity index is 1390. The zero-order valence-electron chi connectivity index (χ0n) is 26.3. The molecule has 3 heterocycles. The van der Waals surface area contributed by atoms with Gasteiger partial charge in [0.2, 0.25) is 6.29 Å². The summed E-state index contributed by atoms with van der Waals surface area (Å²) in [6.45, 7) is -0.963. The van der Waals surface area contributed by atoms with E-state index in [9.17, 15) is 45.6 Å². The Morgan fingerprint density at radius 1 is 0.729 bits per heavy atom. The lowest BCUT2D eigenvalue weighted by atomic mass is 9.85. The molecule has 0 saturated carbocycles. The molecule has 12 atom stereocenters. The van der Waals surface area contributed by atoms with Crippen molar-refractivity contribution in [2.75, 3.05) is 34.0 Å². The van der Waals surface area contributed by atoms with Crippen molar-refractivity contribution in [3.05, 3.63) is 47.5 Å². The molecule has 8 N–H and O–H groups in total. The van der Waals surface area contributed by atoms with Crippen LogP contribution in [0.15, 0.2) is 36.4 Å². The van der Waals surface area contributed by atoms with Crippen molar-refractivity contribution in [2.45, 2.75) is 74.3 Å². The lowest BCUT2D eigenvalue weighted by Crippen LogP contribution is -2.62. The zero-order valence-corrected chi connectivity index (χ0v) is 26.3. The number of aliphatic hydroxyl groups excluding tert-OH is 7. The molecule has 2 aromatic carbocycles. The fourth-order valence-corrected chi connectivity index (χ4v) is 6.07. The number of aromatic hydroxyl groups is 1. The zero-order chi connectivity index (χ0) is 34.7. The number of carbonyl (C=O) groups is 1. The first-order chi connectivity index (χ1) is 22.9. The first-order valence-corrected chi connectivity index (χ1v) is 15.4. The molecule has 0 aliphatic carbocycles. The summed E-state index contributed by atoms with van der Waals surface area (Å²) in [4.78, 5) is 12.6. The van der Waals surface area contributed by atoms with Crippen LogP contribution >= 0.6 is 0 Å². The molecule has 0 spiro atoms. The van der Waals surface area contributed by atoms with Crippen molar-refractivity contribution in [1.29, 1.82) is 0 Å². The highest BCUT2D eigenvalue weighted by Gasteiger charge is 2.48. The van der Waals surface area contributed by atoms with Crippen LogP contribution in [-0.2, 0) is 36.6 Å². The van der Waals surface area contributed by atoms with Crippen molar-refractivity contribution in [3.63, 3.8) is 0 Å². The minimum absolute atomic E-state index is 0.00466. The molecule has 0 amide bonds. The van der Waals surface area contributed by atoms with Crippen molar-refractivity contribution >= 4 is 5.97 Å². The number of carbonyl (C=O) groups excluding carboxylic acids is 1. The molecule has 0 unspecified atom stereocenters. The molecule has 0 radical (unpaired) electrons. The van der Waals surface area contributed by atoms with E-state index in [-0.39, 0.29) is 35.7 Å². The van der Waals surface area contributed by atoms with Crippen LogP contribution in [0.25, 0.3) is 0 Å². The average Bonchev–Trinajstić information content (AvgIpc) is 3.42. The summed E-state index contributed by atoms with van der Waals surface area (Å²) < 4.78 is 38.4. The molecular weight excluding hydrogens is 640 g/mol. The predicted octanol–water partition coefficient (Wildman–Crippen LogP) is -2.01. The van der Waals surface area contributed by atoms with E-state index >= 15 is 0 Å². The van der Waals surface area contributed by atoms with E-state index in [1.165, 1.54) is 20.3 Å².